The van der Waals surface area contributed by atoms with Gasteiger partial charge < -0.3 is 9.64 Å². The van der Waals surface area contributed by atoms with Crippen LogP contribution in [0.3, 0.4) is 0 Å². The quantitative estimate of drug-likeness (QED) is 0.337. The van der Waals surface area contributed by atoms with Crippen molar-refractivity contribution in [3.8, 4) is 16.9 Å². The molecule has 37 heavy (non-hydrogen) atoms. The summed E-state index contributed by atoms with van der Waals surface area (Å²) in [4.78, 5) is 1.96. The summed E-state index contributed by atoms with van der Waals surface area (Å²) in [7, 11) is -2.26. The van der Waals surface area contributed by atoms with Crippen LogP contribution in [-0.2, 0) is 21.6 Å². The zero-order valence-electron chi connectivity index (χ0n) is 20.8. The van der Waals surface area contributed by atoms with Crippen LogP contribution in [0.4, 0.5) is 18.9 Å². The number of rotatable bonds is 6. The smallest absolute Gasteiger partial charge is 0.419 e. The van der Waals surface area contributed by atoms with Crippen molar-refractivity contribution in [3.05, 3.63) is 64.0 Å². The lowest BCUT2D eigenvalue weighted by Gasteiger charge is -2.19. The van der Waals surface area contributed by atoms with Crippen LogP contribution < -0.4 is 9.46 Å². The highest BCUT2D eigenvalue weighted by atomic mass is 35.5. The SMILES string of the molecule is CN1CC[C@@H](Oc2cc(NS(=O)(=O)c3cc(-c4ccc(C(C)(C)C)cc4)c(Cl)s3)ccc2C(F)(F)F)C1. The highest BCUT2D eigenvalue weighted by molar-refractivity contribution is 7.94. The molecule has 0 unspecified atom stereocenters. The molecule has 5 nitrogen and oxygen atoms in total. The molecule has 0 amide bonds. The van der Waals surface area contributed by atoms with E-state index in [1.807, 2.05) is 36.2 Å². The average Bonchev–Trinajstić information content (AvgIpc) is 3.38. The van der Waals surface area contributed by atoms with Crippen LogP contribution >= 0.6 is 22.9 Å². The molecule has 1 atom stereocenters. The fourth-order valence-corrected chi connectivity index (χ4v) is 6.93. The van der Waals surface area contributed by atoms with Crippen molar-refractivity contribution < 1.29 is 26.3 Å². The first-order valence-electron chi connectivity index (χ1n) is 11.6. The summed E-state index contributed by atoms with van der Waals surface area (Å²) in [6.07, 6.45) is -4.48. The number of hydrogen-bond acceptors (Lipinski definition) is 5. The lowest BCUT2D eigenvalue weighted by atomic mass is 9.86. The third-order valence-corrected chi connectivity index (χ3v) is 9.39. The van der Waals surface area contributed by atoms with Crippen molar-refractivity contribution in [2.45, 2.75) is 49.1 Å². The van der Waals surface area contributed by atoms with Crippen LogP contribution in [0.1, 0.15) is 38.3 Å². The van der Waals surface area contributed by atoms with Crippen molar-refractivity contribution in [1.82, 2.24) is 4.90 Å². The van der Waals surface area contributed by atoms with Gasteiger partial charge in [-0.2, -0.15) is 13.2 Å². The standard InChI is InChI=1S/C26H28ClF3N2O3S2/c1-25(2,3)17-7-5-16(6-8-17)20-14-23(36-24(20)27)37(33,34)31-18-9-10-21(26(28,29)30)22(13-18)35-19-11-12-32(4)15-19/h5-10,13-14,19,31H,11-12,15H2,1-4H3/t19-/m1/s1. The van der Waals surface area contributed by atoms with Gasteiger partial charge >= 0.3 is 6.18 Å². The molecule has 1 aliphatic rings. The average molecular weight is 573 g/mol. The number of halogens is 4. The van der Waals surface area contributed by atoms with Gasteiger partial charge in [-0.05, 0) is 48.2 Å². The molecule has 1 saturated heterocycles. The maximum atomic E-state index is 13.6. The highest BCUT2D eigenvalue weighted by Crippen LogP contribution is 2.41. The van der Waals surface area contributed by atoms with E-state index in [4.69, 9.17) is 16.3 Å². The topological polar surface area (TPSA) is 58.6 Å². The number of hydrogen-bond donors (Lipinski definition) is 1. The molecule has 0 bridgehead atoms. The zero-order valence-corrected chi connectivity index (χ0v) is 23.2. The van der Waals surface area contributed by atoms with Crippen LogP contribution in [0.2, 0.25) is 4.34 Å². The third-order valence-electron chi connectivity index (χ3n) is 6.17. The summed E-state index contributed by atoms with van der Waals surface area (Å²) >= 11 is 7.28. The van der Waals surface area contributed by atoms with Crippen LogP contribution in [0.25, 0.3) is 11.1 Å². The number of alkyl halides is 3. The van der Waals surface area contributed by atoms with Gasteiger partial charge in [-0.1, -0.05) is 56.6 Å². The maximum absolute atomic E-state index is 13.6. The van der Waals surface area contributed by atoms with E-state index < -0.39 is 33.6 Å². The zero-order chi connectivity index (χ0) is 27.2. The van der Waals surface area contributed by atoms with Gasteiger partial charge in [-0.25, -0.2) is 8.42 Å². The first-order chi connectivity index (χ1) is 17.1. The first kappa shape index (κ1) is 27.8. The Labute approximate surface area is 224 Å². The molecule has 2 heterocycles. The third kappa shape index (κ3) is 6.42. The molecule has 0 spiro atoms. The largest absolute Gasteiger partial charge is 0.488 e. The van der Waals surface area contributed by atoms with E-state index in [-0.39, 0.29) is 15.3 Å². The molecule has 11 heteroatoms. The second-order valence-corrected chi connectivity index (χ2v) is 13.7. The second-order valence-electron chi connectivity index (χ2n) is 10.2. The molecule has 4 rings (SSSR count). The molecule has 0 saturated carbocycles. The Morgan fingerprint density at radius 1 is 1.08 bits per heavy atom. The van der Waals surface area contributed by atoms with Crippen LogP contribution in [-0.4, -0.2) is 39.6 Å². The Hall–Kier alpha value is -2.27. The minimum Gasteiger partial charge on any atom is -0.488 e. The summed E-state index contributed by atoms with van der Waals surface area (Å²) in [5.41, 5.74) is 1.44. The lowest BCUT2D eigenvalue weighted by molar-refractivity contribution is -0.139. The molecule has 1 fully saturated rings. The molecule has 200 valence electrons. The maximum Gasteiger partial charge on any atom is 0.419 e. The van der Waals surface area contributed by atoms with E-state index in [2.05, 4.69) is 25.5 Å². The molecule has 2 aromatic carbocycles. The Morgan fingerprint density at radius 3 is 2.32 bits per heavy atom. The fourth-order valence-electron chi connectivity index (χ4n) is 4.12. The normalized spacial score (nSPS) is 17.2. The molecule has 1 aromatic heterocycles. The number of thiophene rings is 1. The van der Waals surface area contributed by atoms with Crippen LogP contribution in [0, 0.1) is 0 Å². The van der Waals surface area contributed by atoms with Gasteiger partial charge in [0.2, 0.25) is 0 Å². The Balaban J connectivity index is 1.60. The molecular weight excluding hydrogens is 545 g/mol. The summed E-state index contributed by atoms with van der Waals surface area (Å²) in [6.45, 7) is 7.48. The lowest BCUT2D eigenvalue weighted by Crippen LogP contribution is -2.23. The van der Waals surface area contributed by atoms with Gasteiger partial charge in [-0.15, -0.1) is 11.3 Å². The van der Waals surface area contributed by atoms with Crippen LogP contribution in [0.15, 0.2) is 52.7 Å². The highest BCUT2D eigenvalue weighted by Gasteiger charge is 2.36. The van der Waals surface area contributed by atoms with Gasteiger partial charge in [-0.3, -0.25) is 4.72 Å². The number of nitrogens with zero attached hydrogens (tertiary/aromatic N) is 1. The van der Waals surface area contributed by atoms with E-state index in [0.29, 0.717) is 29.4 Å². The Bertz CT molecular complexity index is 1380. The van der Waals surface area contributed by atoms with Crippen molar-refractivity contribution >= 4 is 38.6 Å². The minimum atomic E-state index is -4.64. The first-order valence-corrected chi connectivity index (χ1v) is 14.3. The number of ether oxygens (including phenoxy) is 1. The molecule has 1 N–H and O–H groups in total. The Morgan fingerprint density at radius 2 is 1.76 bits per heavy atom. The van der Waals surface area contributed by atoms with E-state index in [0.717, 1.165) is 40.7 Å². The van der Waals surface area contributed by atoms with Crippen LogP contribution in [0.5, 0.6) is 5.75 Å². The molecule has 1 aliphatic heterocycles. The minimum absolute atomic E-state index is 0.0324. The monoisotopic (exact) mass is 572 g/mol. The summed E-state index contributed by atoms with van der Waals surface area (Å²) in [6, 6.07) is 12.2. The molecule has 0 radical (unpaired) electrons. The molecule has 3 aromatic rings. The Kier molecular flexibility index (Phi) is 7.60. The van der Waals surface area contributed by atoms with Gasteiger partial charge in [0, 0.05) is 24.7 Å². The van der Waals surface area contributed by atoms with E-state index >= 15 is 0 Å². The van der Waals surface area contributed by atoms with Gasteiger partial charge in [0.05, 0.1) is 11.3 Å². The van der Waals surface area contributed by atoms with E-state index in [9.17, 15) is 21.6 Å². The van der Waals surface area contributed by atoms with Crippen molar-refractivity contribution in [2.24, 2.45) is 0 Å². The summed E-state index contributed by atoms with van der Waals surface area (Å²) < 4.78 is 75.3. The number of sulfonamides is 1. The number of nitrogens with one attached hydrogen (secondary N) is 1. The van der Waals surface area contributed by atoms with Crippen molar-refractivity contribution in [1.29, 1.82) is 0 Å². The number of likely N-dealkylation sites (tertiary alicyclic amines) is 1. The van der Waals surface area contributed by atoms with Crippen molar-refractivity contribution in [2.75, 3.05) is 24.9 Å². The number of likely N-dealkylation sites (N-methyl/N-ethyl adjacent to an activating group) is 1. The number of benzene rings is 2. The van der Waals surface area contributed by atoms with E-state index in [1.54, 1.807) is 0 Å². The second kappa shape index (κ2) is 10.1. The predicted molar refractivity (Wildman–Crippen MR) is 142 cm³/mol. The van der Waals surface area contributed by atoms with Gasteiger partial charge in [0.15, 0.2) is 0 Å². The summed E-state index contributed by atoms with van der Waals surface area (Å²) in [5.74, 6) is -0.406. The summed E-state index contributed by atoms with van der Waals surface area (Å²) in [5, 5.41) is 0. The predicted octanol–water partition coefficient (Wildman–Crippen LogP) is 7.27. The van der Waals surface area contributed by atoms with Gasteiger partial charge in [0.25, 0.3) is 10.0 Å². The number of anilines is 1. The fraction of sp³-hybridized carbons (Fsp3) is 0.385. The van der Waals surface area contributed by atoms with E-state index in [1.165, 1.54) is 6.07 Å². The molecular formula is C26H28ClF3N2O3S2. The van der Waals surface area contributed by atoms with Gasteiger partial charge in [0.1, 0.15) is 20.4 Å². The van der Waals surface area contributed by atoms with Crippen molar-refractivity contribution in [3.63, 3.8) is 0 Å². The molecule has 0 aliphatic carbocycles.